The van der Waals surface area contributed by atoms with Gasteiger partial charge in [0.15, 0.2) is 0 Å². The van der Waals surface area contributed by atoms with Crippen LogP contribution in [0.15, 0.2) is 53.3 Å². The number of benzene rings is 1. The maximum atomic E-state index is 13.0. The van der Waals surface area contributed by atoms with Crippen molar-refractivity contribution in [3.63, 3.8) is 0 Å². The number of aromatic nitrogens is 1. The fourth-order valence-corrected chi connectivity index (χ4v) is 4.25. The van der Waals surface area contributed by atoms with Gasteiger partial charge >= 0.3 is 0 Å². The van der Waals surface area contributed by atoms with E-state index in [-0.39, 0.29) is 17.7 Å². The molecule has 6 heteroatoms. The predicted molar refractivity (Wildman–Crippen MR) is 116 cm³/mol. The van der Waals surface area contributed by atoms with Gasteiger partial charge in [0.2, 0.25) is 11.8 Å². The van der Waals surface area contributed by atoms with Crippen LogP contribution in [0.2, 0.25) is 0 Å². The third-order valence-corrected chi connectivity index (χ3v) is 6.14. The number of furan rings is 1. The van der Waals surface area contributed by atoms with Crippen molar-refractivity contribution in [2.75, 3.05) is 0 Å². The highest BCUT2D eigenvalue weighted by atomic mass is 16.3. The molecule has 2 aromatic heterocycles. The fourth-order valence-electron chi connectivity index (χ4n) is 4.25. The van der Waals surface area contributed by atoms with Crippen LogP contribution in [0.25, 0.3) is 10.9 Å². The number of aromatic amines is 1. The van der Waals surface area contributed by atoms with Crippen LogP contribution >= 0.6 is 0 Å². The number of H-pyrrole nitrogens is 1. The molecule has 1 aliphatic carbocycles. The van der Waals surface area contributed by atoms with Gasteiger partial charge in [-0.2, -0.15) is 0 Å². The zero-order valence-corrected chi connectivity index (χ0v) is 17.3. The molecule has 0 aliphatic heterocycles. The Morgan fingerprint density at radius 2 is 1.93 bits per heavy atom. The van der Waals surface area contributed by atoms with E-state index < -0.39 is 6.04 Å². The molecule has 1 fully saturated rings. The minimum atomic E-state index is -0.633. The Hall–Kier alpha value is -3.02. The molecule has 6 nitrogen and oxygen atoms in total. The molecule has 0 spiro atoms. The van der Waals surface area contributed by atoms with E-state index in [0.717, 1.165) is 42.1 Å². The molecule has 1 aliphatic rings. The largest absolute Gasteiger partial charge is 0.467 e. The van der Waals surface area contributed by atoms with E-state index in [4.69, 9.17) is 4.42 Å². The lowest BCUT2D eigenvalue weighted by Crippen LogP contribution is -2.49. The second-order valence-corrected chi connectivity index (χ2v) is 8.38. The van der Waals surface area contributed by atoms with Crippen molar-refractivity contribution < 1.29 is 14.0 Å². The second-order valence-electron chi connectivity index (χ2n) is 8.38. The van der Waals surface area contributed by atoms with Gasteiger partial charge in [-0.1, -0.05) is 25.1 Å². The molecular formula is C24H29N3O3. The van der Waals surface area contributed by atoms with Gasteiger partial charge in [0.25, 0.3) is 0 Å². The number of nitrogens with one attached hydrogen (secondary N) is 3. The molecule has 0 saturated heterocycles. The predicted octanol–water partition coefficient (Wildman–Crippen LogP) is 3.93. The zero-order chi connectivity index (χ0) is 20.9. The Kier molecular flexibility index (Phi) is 6.21. The lowest BCUT2D eigenvalue weighted by Gasteiger charge is -2.27. The van der Waals surface area contributed by atoms with Gasteiger partial charge < -0.3 is 20.0 Å². The summed E-state index contributed by atoms with van der Waals surface area (Å²) in [5.41, 5.74) is 2.04. The summed E-state index contributed by atoms with van der Waals surface area (Å²) in [5, 5.41) is 7.01. The van der Waals surface area contributed by atoms with Crippen molar-refractivity contribution in [2.45, 2.75) is 51.6 Å². The fraction of sp³-hybridized carbons (Fsp3) is 0.417. The smallest absolute Gasteiger partial charge is 0.243 e. The third kappa shape index (κ3) is 4.75. The van der Waals surface area contributed by atoms with Gasteiger partial charge in [-0.25, -0.2) is 0 Å². The van der Waals surface area contributed by atoms with Crippen molar-refractivity contribution in [3.05, 3.63) is 60.2 Å². The summed E-state index contributed by atoms with van der Waals surface area (Å²) < 4.78 is 5.31. The van der Waals surface area contributed by atoms with E-state index in [9.17, 15) is 9.59 Å². The zero-order valence-electron chi connectivity index (χ0n) is 17.3. The molecular weight excluding hydrogens is 378 g/mol. The van der Waals surface area contributed by atoms with Gasteiger partial charge in [-0.15, -0.1) is 0 Å². The van der Waals surface area contributed by atoms with E-state index in [0.29, 0.717) is 24.6 Å². The van der Waals surface area contributed by atoms with E-state index in [1.807, 2.05) is 36.5 Å². The number of para-hydroxylation sites is 1. The lowest BCUT2D eigenvalue weighted by atomic mass is 9.82. The van der Waals surface area contributed by atoms with E-state index in [1.165, 1.54) is 0 Å². The Morgan fingerprint density at radius 1 is 1.13 bits per heavy atom. The highest BCUT2D eigenvalue weighted by molar-refractivity contribution is 5.90. The number of carbonyl (C=O) groups excluding carboxylic acids is 2. The number of rotatable bonds is 7. The van der Waals surface area contributed by atoms with Gasteiger partial charge in [0.05, 0.1) is 12.8 Å². The van der Waals surface area contributed by atoms with E-state index >= 15 is 0 Å². The summed E-state index contributed by atoms with van der Waals surface area (Å²) >= 11 is 0. The van der Waals surface area contributed by atoms with Crippen LogP contribution in [0.3, 0.4) is 0 Å². The van der Waals surface area contributed by atoms with Crippen LogP contribution in [-0.2, 0) is 22.6 Å². The Bertz CT molecular complexity index is 984. The Morgan fingerprint density at radius 3 is 2.70 bits per heavy atom. The maximum Gasteiger partial charge on any atom is 0.243 e. The Balaban J connectivity index is 1.48. The number of amides is 2. The number of hydrogen-bond acceptors (Lipinski definition) is 3. The third-order valence-electron chi connectivity index (χ3n) is 6.14. The average Bonchev–Trinajstić information content (AvgIpc) is 3.42. The SMILES string of the molecule is CC1CCC(C(=O)N[C@@H](Cc2c[nH]c3ccccc23)C(=O)NCc2ccco2)CC1. The molecule has 3 aromatic rings. The molecule has 1 atom stereocenters. The second kappa shape index (κ2) is 9.20. The van der Waals surface area contributed by atoms with Gasteiger partial charge in [-0.05, 0) is 55.4 Å². The van der Waals surface area contributed by atoms with E-state index in [2.05, 4.69) is 22.5 Å². The number of fused-ring (bicyclic) bond motifs is 1. The van der Waals surface area contributed by atoms with Crippen LogP contribution < -0.4 is 10.6 Å². The molecule has 1 aromatic carbocycles. The Labute approximate surface area is 176 Å². The van der Waals surface area contributed by atoms with Crippen molar-refractivity contribution in [3.8, 4) is 0 Å². The topological polar surface area (TPSA) is 87.1 Å². The van der Waals surface area contributed by atoms with Crippen LogP contribution in [0.4, 0.5) is 0 Å². The summed E-state index contributed by atoms with van der Waals surface area (Å²) in [5.74, 6) is 1.13. The summed E-state index contributed by atoms with van der Waals surface area (Å²) in [4.78, 5) is 29.2. The molecule has 158 valence electrons. The monoisotopic (exact) mass is 407 g/mol. The van der Waals surface area contributed by atoms with Crippen molar-refractivity contribution in [2.24, 2.45) is 11.8 Å². The van der Waals surface area contributed by atoms with Crippen LogP contribution in [0.1, 0.15) is 43.9 Å². The van der Waals surface area contributed by atoms with Gasteiger partial charge in [0.1, 0.15) is 11.8 Å². The molecule has 1 saturated carbocycles. The first-order valence-electron chi connectivity index (χ1n) is 10.8. The van der Waals surface area contributed by atoms with Crippen LogP contribution in [0, 0.1) is 11.8 Å². The molecule has 2 heterocycles. The first-order chi connectivity index (χ1) is 14.6. The first-order valence-corrected chi connectivity index (χ1v) is 10.8. The molecule has 30 heavy (non-hydrogen) atoms. The lowest BCUT2D eigenvalue weighted by molar-refractivity contribution is -0.132. The summed E-state index contributed by atoms with van der Waals surface area (Å²) in [7, 11) is 0. The van der Waals surface area contributed by atoms with Gasteiger partial charge in [-0.3, -0.25) is 9.59 Å². The average molecular weight is 408 g/mol. The van der Waals surface area contributed by atoms with Crippen LogP contribution in [-0.4, -0.2) is 22.8 Å². The first kappa shape index (κ1) is 20.3. The minimum absolute atomic E-state index is 0.00968. The summed E-state index contributed by atoms with van der Waals surface area (Å²) in [6.45, 7) is 2.53. The van der Waals surface area contributed by atoms with Crippen molar-refractivity contribution in [1.29, 1.82) is 0 Å². The minimum Gasteiger partial charge on any atom is -0.467 e. The molecule has 2 amide bonds. The maximum absolute atomic E-state index is 13.0. The summed E-state index contributed by atoms with van der Waals surface area (Å²) in [6.07, 6.45) is 7.85. The summed E-state index contributed by atoms with van der Waals surface area (Å²) in [6, 6.07) is 11.0. The highest BCUT2D eigenvalue weighted by Crippen LogP contribution is 2.28. The van der Waals surface area contributed by atoms with Gasteiger partial charge in [0, 0.05) is 29.4 Å². The van der Waals surface area contributed by atoms with Crippen molar-refractivity contribution >= 4 is 22.7 Å². The highest BCUT2D eigenvalue weighted by Gasteiger charge is 2.29. The van der Waals surface area contributed by atoms with Crippen LogP contribution in [0.5, 0.6) is 0 Å². The normalized spacial score (nSPS) is 20.0. The standard InChI is InChI=1S/C24H29N3O3/c1-16-8-10-17(11-9-16)23(28)27-22(24(29)26-15-19-5-4-12-30-19)13-18-14-25-21-7-3-2-6-20(18)21/h2-7,12,14,16-17,22,25H,8-11,13,15H2,1H3,(H,26,29)(H,27,28)/t16?,17?,22-/m0/s1. The quantitative estimate of drug-likeness (QED) is 0.555. The molecule has 4 rings (SSSR count). The number of hydrogen-bond donors (Lipinski definition) is 3. The van der Waals surface area contributed by atoms with E-state index in [1.54, 1.807) is 12.3 Å². The molecule has 3 N–H and O–H groups in total. The van der Waals surface area contributed by atoms with Crippen molar-refractivity contribution in [1.82, 2.24) is 15.6 Å². The molecule has 0 radical (unpaired) electrons. The number of carbonyl (C=O) groups is 2. The molecule has 0 unspecified atom stereocenters. The molecule has 0 bridgehead atoms.